The molecule has 0 unspecified atom stereocenters. The Labute approximate surface area is 122 Å². The standard InChI is InChI=1S/C15H17N3O3/c1-10-7-11(2)14(13(8-10)18(19)20)21-15-12(9-16-3)5-4-6-17-15/h4-8,16H,9H2,1-3H3. The summed E-state index contributed by atoms with van der Waals surface area (Å²) >= 11 is 0. The first-order valence-corrected chi connectivity index (χ1v) is 6.55. The minimum atomic E-state index is -0.435. The first-order chi connectivity index (χ1) is 10.0. The number of hydrogen-bond donors (Lipinski definition) is 1. The molecule has 110 valence electrons. The third-order valence-electron chi connectivity index (χ3n) is 3.01. The van der Waals surface area contributed by atoms with Crippen LogP contribution in [0, 0.1) is 24.0 Å². The number of rotatable bonds is 5. The Bertz CT molecular complexity index is 671. The number of nitro benzene ring substituents is 1. The van der Waals surface area contributed by atoms with E-state index < -0.39 is 4.92 Å². The molecular formula is C15H17N3O3. The fourth-order valence-electron chi connectivity index (χ4n) is 2.14. The predicted octanol–water partition coefficient (Wildman–Crippen LogP) is 3.12. The number of ether oxygens (including phenoxy) is 1. The molecule has 21 heavy (non-hydrogen) atoms. The Kier molecular flexibility index (Phi) is 4.49. The van der Waals surface area contributed by atoms with Crippen LogP contribution >= 0.6 is 0 Å². The lowest BCUT2D eigenvalue weighted by Crippen LogP contribution is -2.07. The monoisotopic (exact) mass is 287 g/mol. The van der Waals surface area contributed by atoms with Crippen molar-refractivity contribution in [1.82, 2.24) is 10.3 Å². The highest BCUT2D eigenvalue weighted by molar-refractivity contribution is 5.55. The molecule has 2 aromatic rings. The van der Waals surface area contributed by atoms with Gasteiger partial charge < -0.3 is 10.1 Å². The van der Waals surface area contributed by atoms with E-state index in [0.29, 0.717) is 18.0 Å². The minimum Gasteiger partial charge on any atom is -0.431 e. The Morgan fingerprint density at radius 1 is 1.38 bits per heavy atom. The molecule has 0 amide bonds. The van der Waals surface area contributed by atoms with Crippen molar-refractivity contribution in [1.29, 1.82) is 0 Å². The van der Waals surface area contributed by atoms with Gasteiger partial charge in [0, 0.05) is 24.4 Å². The summed E-state index contributed by atoms with van der Waals surface area (Å²) in [6.45, 7) is 4.18. The average Bonchev–Trinajstić information content (AvgIpc) is 2.43. The van der Waals surface area contributed by atoms with Crippen LogP contribution in [0.1, 0.15) is 16.7 Å². The van der Waals surface area contributed by atoms with E-state index >= 15 is 0 Å². The average molecular weight is 287 g/mol. The molecule has 0 aliphatic heterocycles. The fraction of sp³-hybridized carbons (Fsp3) is 0.267. The van der Waals surface area contributed by atoms with E-state index in [-0.39, 0.29) is 11.4 Å². The van der Waals surface area contributed by atoms with Crippen molar-refractivity contribution in [3.8, 4) is 11.6 Å². The van der Waals surface area contributed by atoms with E-state index in [1.165, 1.54) is 6.07 Å². The van der Waals surface area contributed by atoms with Gasteiger partial charge in [-0.2, -0.15) is 0 Å². The molecule has 0 radical (unpaired) electrons. The largest absolute Gasteiger partial charge is 0.431 e. The molecule has 0 bridgehead atoms. The van der Waals surface area contributed by atoms with Crippen LogP contribution in [-0.2, 0) is 6.54 Å². The second kappa shape index (κ2) is 6.32. The lowest BCUT2D eigenvalue weighted by atomic mass is 10.1. The smallest absolute Gasteiger partial charge is 0.312 e. The number of hydrogen-bond acceptors (Lipinski definition) is 5. The third-order valence-corrected chi connectivity index (χ3v) is 3.01. The Balaban J connectivity index is 2.47. The van der Waals surface area contributed by atoms with Crippen LogP contribution in [0.3, 0.4) is 0 Å². The van der Waals surface area contributed by atoms with Gasteiger partial charge in [0.1, 0.15) is 0 Å². The Morgan fingerprint density at radius 3 is 2.81 bits per heavy atom. The zero-order valence-corrected chi connectivity index (χ0v) is 12.2. The van der Waals surface area contributed by atoms with Crippen LogP contribution in [0.5, 0.6) is 11.6 Å². The summed E-state index contributed by atoms with van der Waals surface area (Å²) in [6, 6.07) is 7.02. The molecule has 0 fully saturated rings. The third kappa shape index (κ3) is 3.35. The molecular weight excluding hydrogens is 270 g/mol. The van der Waals surface area contributed by atoms with Crippen molar-refractivity contribution in [2.75, 3.05) is 7.05 Å². The number of nitrogens with one attached hydrogen (secondary N) is 1. The number of pyridine rings is 1. The zero-order valence-electron chi connectivity index (χ0n) is 12.2. The highest BCUT2D eigenvalue weighted by Gasteiger charge is 2.20. The molecule has 0 aliphatic carbocycles. The number of benzene rings is 1. The molecule has 2 rings (SSSR count). The van der Waals surface area contributed by atoms with Gasteiger partial charge in [-0.05, 0) is 38.1 Å². The van der Waals surface area contributed by atoms with E-state index in [4.69, 9.17) is 4.74 Å². The van der Waals surface area contributed by atoms with Crippen LogP contribution in [0.4, 0.5) is 5.69 Å². The molecule has 1 N–H and O–H groups in total. The minimum absolute atomic E-state index is 0.0476. The summed E-state index contributed by atoms with van der Waals surface area (Å²) < 4.78 is 5.75. The number of aryl methyl sites for hydroxylation is 2. The summed E-state index contributed by atoms with van der Waals surface area (Å²) in [5.74, 6) is 0.614. The topological polar surface area (TPSA) is 77.3 Å². The molecule has 1 heterocycles. The second-order valence-electron chi connectivity index (χ2n) is 4.79. The maximum atomic E-state index is 11.2. The van der Waals surface area contributed by atoms with Gasteiger partial charge in [0.15, 0.2) is 0 Å². The van der Waals surface area contributed by atoms with Gasteiger partial charge in [0.05, 0.1) is 4.92 Å². The summed E-state index contributed by atoms with van der Waals surface area (Å²) in [5.41, 5.74) is 2.33. The van der Waals surface area contributed by atoms with Crippen molar-refractivity contribution < 1.29 is 9.66 Å². The molecule has 0 atom stereocenters. The first-order valence-electron chi connectivity index (χ1n) is 6.55. The van der Waals surface area contributed by atoms with Crippen molar-refractivity contribution in [3.05, 3.63) is 57.3 Å². The van der Waals surface area contributed by atoms with Gasteiger partial charge in [-0.25, -0.2) is 4.98 Å². The van der Waals surface area contributed by atoms with Crippen molar-refractivity contribution >= 4 is 5.69 Å². The second-order valence-corrected chi connectivity index (χ2v) is 4.79. The molecule has 0 saturated heterocycles. The maximum absolute atomic E-state index is 11.2. The van der Waals surface area contributed by atoms with Crippen molar-refractivity contribution in [3.63, 3.8) is 0 Å². The molecule has 6 nitrogen and oxygen atoms in total. The van der Waals surface area contributed by atoms with Gasteiger partial charge in [0.25, 0.3) is 0 Å². The normalized spacial score (nSPS) is 10.4. The van der Waals surface area contributed by atoms with Crippen LogP contribution in [-0.4, -0.2) is 17.0 Å². The van der Waals surface area contributed by atoms with E-state index in [1.807, 2.05) is 26.1 Å². The van der Waals surface area contributed by atoms with E-state index in [0.717, 1.165) is 11.1 Å². The number of nitrogens with zero attached hydrogens (tertiary/aromatic N) is 2. The van der Waals surface area contributed by atoms with E-state index in [2.05, 4.69) is 10.3 Å². The zero-order chi connectivity index (χ0) is 15.4. The maximum Gasteiger partial charge on any atom is 0.312 e. The Morgan fingerprint density at radius 2 is 2.14 bits per heavy atom. The van der Waals surface area contributed by atoms with Crippen LogP contribution in [0.2, 0.25) is 0 Å². The van der Waals surface area contributed by atoms with Crippen molar-refractivity contribution in [2.45, 2.75) is 20.4 Å². The van der Waals surface area contributed by atoms with E-state index in [1.54, 1.807) is 19.2 Å². The van der Waals surface area contributed by atoms with Gasteiger partial charge >= 0.3 is 5.69 Å². The highest BCUT2D eigenvalue weighted by Crippen LogP contribution is 2.35. The molecule has 0 spiro atoms. The summed E-state index contributed by atoms with van der Waals surface area (Å²) in [5, 5.41) is 14.2. The molecule has 6 heteroatoms. The summed E-state index contributed by atoms with van der Waals surface area (Å²) in [7, 11) is 1.82. The lowest BCUT2D eigenvalue weighted by molar-refractivity contribution is -0.385. The Hall–Kier alpha value is -2.47. The van der Waals surface area contributed by atoms with E-state index in [9.17, 15) is 10.1 Å². The summed E-state index contributed by atoms with van der Waals surface area (Å²) in [4.78, 5) is 15.0. The number of aromatic nitrogens is 1. The molecule has 0 saturated carbocycles. The summed E-state index contributed by atoms with van der Waals surface area (Å²) in [6.07, 6.45) is 1.60. The van der Waals surface area contributed by atoms with Gasteiger partial charge in [-0.1, -0.05) is 12.1 Å². The van der Waals surface area contributed by atoms with Gasteiger partial charge in [-0.3, -0.25) is 10.1 Å². The van der Waals surface area contributed by atoms with Gasteiger partial charge in [0.2, 0.25) is 11.6 Å². The number of nitro groups is 1. The highest BCUT2D eigenvalue weighted by atomic mass is 16.6. The van der Waals surface area contributed by atoms with Crippen LogP contribution in [0.15, 0.2) is 30.5 Å². The van der Waals surface area contributed by atoms with Crippen LogP contribution in [0.25, 0.3) is 0 Å². The first kappa shape index (κ1) is 14.9. The lowest BCUT2D eigenvalue weighted by Gasteiger charge is -2.12. The fourth-order valence-corrected chi connectivity index (χ4v) is 2.14. The molecule has 0 aliphatic rings. The quantitative estimate of drug-likeness (QED) is 0.675. The molecule has 1 aromatic heterocycles. The molecule has 1 aromatic carbocycles. The van der Waals surface area contributed by atoms with Crippen LogP contribution < -0.4 is 10.1 Å². The van der Waals surface area contributed by atoms with Gasteiger partial charge in [-0.15, -0.1) is 0 Å². The SMILES string of the molecule is CNCc1cccnc1Oc1c(C)cc(C)cc1[N+](=O)[O-]. The predicted molar refractivity (Wildman–Crippen MR) is 79.6 cm³/mol. The van der Waals surface area contributed by atoms with Crippen molar-refractivity contribution in [2.24, 2.45) is 0 Å².